The van der Waals surface area contributed by atoms with E-state index in [1.807, 2.05) is 178 Å². The molecule has 6 aromatic carbocycles. The van der Waals surface area contributed by atoms with E-state index in [9.17, 15) is 14.4 Å². The molecule has 2 aliphatic rings. The molecule has 8 rings (SSSR count). The van der Waals surface area contributed by atoms with Crippen LogP contribution in [0, 0.1) is 0 Å². The van der Waals surface area contributed by atoms with Crippen molar-refractivity contribution in [1.82, 2.24) is 5.32 Å². The van der Waals surface area contributed by atoms with E-state index < -0.39 is 5.60 Å². The quantitative estimate of drug-likeness (QED) is 0.116. The van der Waals surface area contributed by atoms with E-state index in [0.717, 1.165) is 52.0 Å². The Balaban J connectivity index is 0.000000198. The van der Waals surface area contributed by atoms with Crippen molar-refractivity contribution in [3.63, 3.8) is 0 Å². The van der Waals surface area contributed by atoms with E-state index >= 15 is 0 Å². The number of benzene rings is 6. The van der Waals surface area contributed by atoms with Crippen molar-refractivity contribution in [3.05, 3.63) is 180 Å². The first-order valence-corrected chi connectivity index (χ1v) is 19.4. The Labute approximate surface area is 346 Å². The molecule has 58 heavy (non-hydrogen) atoms. The molecule has 0 heterocycles. The average molecular weight is 793 g/mol. The predicted octanol–water partition coefficient (Wildman–Crippen LogP) is 10.8. The van der Waals surface area contributed by atoms with Gasteiger partial charge in [-0.1, -0.05) is 109 Å². The first kappa shape index (κ1) is 41.4. The van der Waals surface area contributed by atoms with Gasteiger partial charge in [0.15, 0.2) is 0 Å². The van der Waals surface area contributed by atoms with Gasteiger partial charge in [-0.25, -0.2) is 4.79 Å². The molecule has 4 atom stereocenters. The Morgan fingerprint density at radius 2 is 0.966 bits per heavy atom. The zero-order chi connectivity index (χ0) is 39.9. The third-order valence-corrected chi connectivity index (χ3v) is 9.99. The van der Waals surface area contributed by atoms with Crippen LogP contribution in [0.2, 0.25) is 0 Å². The van der Waals surface area contributed by atoms with Crippen LogP contribution in [0.5, 0.6) is 0 Å². The van der Waals surface area contributed by atoms with E-state index in [0.29, 0.717) is 23.1 Å². The van der Waals surface area contributed by atoms with Gasteiger partial charge in [-0.05, 0) is 116 Å². The number of amides is 3. The third-order valence-electron chi connectivity index (χ3n) is 9.99. The molecule has 296 valence electrons. The minimum atomic E-state index is -0.505. The van der Waals surface area contributed by atoms with Crippen molar-refractivity contribution in [1.29, 1.82) is 0 Å². The Morgan fingerprint density at radius 1 is 0.552 bits per heavy atom. The van der Waals surface area contributed by atoms with Gasteiger partial charge in [0.2, 0.25) is 0 Å². The highest BCUT2D eigenvalue weighted by Crippen LogP contribution is 2.41. The lowest BCUT2D eigenvalue weighted by Gasteiger charge is -2.19. The van der Waals surface area contributed by atoms with Crippen LogP contribution in [0.25, 0.3) is 22.3 Å². The highest BCUT2D eigenvalue weighted by Gasteiger charge is 2.40. The van der Waals surface area contributed by atoms with Crippen molar-refractivity contribution >= 4 is 41.7 Å². The number of hydrogen-bond acceptors (Lipinski definition) is 5. The van der Waals surface area contributed by atoms with Gasteiger partial charge in [0.05, 0.1) is 0 Å². The van der Waals surface area contributed by atoms with Crippen LogP contribution in [-0.4, -0.2) is 35.6 Å². The van der Waals surface area contributed by atoms with Crippen LogP contribution in [0.1, 0.15) is 77.3 Å². The normalized spacial score (nSPS) is 17.6. The lowest BCUT2D eigenvalue weighted by atomic mass is 10.0. The Kier molecular flexibility index (Phi) is 13.1. The number of rotatable bonds is 9. The molecule has 3 amide bonds. The molecular weight excluding hydrogens is 744 g/mol. The summed E-state index contributed by atoms with van der Waals surface area (Å²) < 4.78 is 5.32. The average Bonchev–Trinajstić information content (AvgIpc) is 4.16. The van der Waals surface area contributed by atoms with Gasteiger partial charge in [0.1, 0.15) is 5.60 Å². The summed E-state index contributed by atoms with van der Waals surface area (Å²) in [5.74, 6) is 0.502. The number of carbonyl (C=O) groups is 3. The molecule has 2 saturated carbocycles. The van der Waals surface area contributed by atoms with Gasteiger partial charge in [0.25, 0.3) is 11.8 Å². The van der Waals surface area contributed by atoms with Crippen molar-refractivity contribution in [2.24, 2.45) is 5.73 Å². The molecular formula is C49H49ClN4O4. The Hall–Kier alpha value is -6.22. The molecule has 5 N–H and O–H groups in total. The zero-order valence-electron chi connectivity index (χ0n) is 32.9. The molecule has 2 aliphatic carbocycles. The summed E-state index contributed by atoms with van der Waals surface area (Å²) in [5, 5.41) is 8.84. The minimum absolute atomic E-state index is 0. The number of alkyl carbamates (subject to hydrolysis) is 1. The molecule has 8 nitrogen and oxygen atoms in total. The summed E-state index contributed by atoms with van der Waals surface area (Å²) in [7, 11) is 0. The van der Waals surface area contributed by atoms with Gasteiger partial charge in [-0.3, -0.25) is 9.59 Å². The molecule has 0 radical (unpaired) electrons. The molecule has 2 fully saturated rings. The monoisotopic (exact) mass is 792 g/mol. The van der Waals surface area contributed by atoms with E-state index in [4.69, 9.17) is 10.5 Å². The summed E-state index contributed by atoms with van der Waals surface area (Å²) in [6, 6.07) is 51.5. The van der Waals surface area contributed by atoms with E-state index in [-0.39, 0.29) is 42.3 Å². The Morgan fingerprint density at radius 3 is 1.38 bits per heavy atom. The van der Waals surface area contributed by atoms with Crippen molar-refractivity contribution < 1.29 is 19.1 Å². The van der Waals surface area contributed by atoms with Gasteiger partial charge in [-0.15, -0.1) is 12.4 Å². The first-order valence-electron chi connectivity index (χ1n) is 19.4. The van der Waals surface area contributed by atoms with Crippen LogP contribution < -0.4 is 21.7 Å². The largest absolute Gasteiger partial charge is 0.444 e. The first-order chi connectivity index (χ1) is 27.5. The third kappa shape index (κ3) is 11.2. The standard InChI is InChI=1S/C27H28N2O3.C22H20N2O.ClH/c1-27(2,3)32-26(31)29-24-17-23(24)19-12-14-22(15-13-19)28-25(30)21-11-7-10-20(16-21)18-8-5-4-6-9-18;23-21-14-20(21)16-9-11-19(12-10-16)24-22(25)18-8-4-7-17(13-18)15-5-2-1-3-6-15;/h4-16,23-24H,17H2,1-3H3,(H,28,30)(H,29,31);1-13,20-21H,14,23H2,(H,24,25);1H/t23-,24+;20-,21+;/m00./s1. The number of hydrogen-bond donors (Lipinski definition) is 4. The van der Waals surface area contributed by atoms with Crippen LogP contribution in [0.15, 0.2) is 158 Å². The number of carbonyl (C=O) groups excluding carboxylic acids is 3. The van der Waals surface area contributed by atoms with Crippen molar-refractivity contribution in [3.8, 4) is 22.3 Å². The lowest BCUT2D eigenvalue weighted by Crippen LogP contribution is -2.34. The van der Waals surface area contributed by atoms with Crippen LogP contribution in [0.3, 0.4) is 0 Å². The van der Waals surface area contributed by atoms with Crippen LogP contribution in [0.4, 0.5) is 16.2 Å². The summed E-state index contributed by atoms with van der Waals surface area (Å²) >= 11 is 0. The molecule has 0 spiro atoms. The number of nitrogens with one attached hydrogen (secondary N) is 3. The minimum Gasteiger partial charge on any atom is -0.444 e. The number of ether oxygens (including phenoxy) is 1. The molecule has 0 bridgehead atoms. The number of nitrogens with two attached hydrogens (primary N) is 1. The molecule has 9 heteroatoms. The van der Waals surface area contributed by atoms with Crippen molar-refractivity contribution in [2.45, 2.75) is 63.1 Å². The van der Waals surface area contributed by atoms with Gasteiger partial charge in [0, 0.05) is 46.4 Å². The fourth-order valence-electron chi connectivity index (χ4n) is 6.75. The maximum absolute atomic E-state index is 12.7. The lowest BCUT2D eigenvalue weighted by molar-refractivity contribution is 0.0522. The van der Waals surface area contributed by atoms with Gasteiger partial charge in [-0.2, -0.15) is 0 Å². The molecule has 0 unspecified atom stereocenters. The van der Waals surface area contributed by atoms with Crippen molar-refractivity contribution in [2.75, 3.05) is 10.6 Å². The molecule has 0 aromatic heterocycles. The predicted molar refractivity (Wildman–Crippen MR) is 236 cm³/mol. The van der Waals surface area contributed by atoms with Gasteiger partial charge < -0.3 is 26.4 Å². The fraction of sp³-hybridized carbons (Fsp3) is 0.204. The second-order valence-electron chi connectivity index (χ2n) is 15.6. The number of anilines is 2. The van der Waals surface area contributed by atoms with E-state index in [1.165, 1.54) is 5.56 Å². The fourth-order valence-corrected chi connectivity index (χ4v) is 6.75. The molecule has 6 aromatic rings. The summed E-state index contributed by atoms with van der Waals surface area (Å²) in [6.07, 6.45) is 1.56. The topological polar surface area (TPSA) is 123 Å². The summed E-state index contributed by atoms with van der Waals surface area (Å²) in [6.45, 7) is 5.55. The molecule has 0 aliphatic heterocycles. The summed E-state index contributed by atoms with van der Waals surface area (Å²) in [4.78, 5) is 37.2. The highest BCUT2D eigenvalue weighted by atomic mass is 35.5. The summed E-state index contributed by atoms with van der Waals surface area (Å²) in [5.41, 5.74) is 14.8. The second kappa shape index (κ2) is 18.4. The van der Waals surface area contributed by atoms with Crippen LogP contribution >= 0.6 is 12.4 Å². The zero-order valence-corrected chi connectivity index (χ0v) is 33.7. The van der Waals surface area contributed by atoms with Crippen LogP contribution in [-0.2, 0) is 4.74 Å². The second-order valence-corrected chi connectivity index (χ2v) is 15.6. The van der Waals surface area contributed by atoms with E-state index in [2.05, 4.69) is 16.0 Å². The maximum Gasteiger partial charge on any atom is 0.407 e. The van der Waals surface area contributed by atoms with Gasteiger partial charge >= 0.3 is 6.09 Å². The van der Waals surface area contributed by atoms with E-state index in [1.54, 1.807) is 0 Å². The Bertz CT molecular complexity index is 2330. The molecule has 0 saturated heterocycles. The SMILES string of the molecule is CC(C)(C)OC(=O)N[C@@H]1C[C@H]1c1ccc(NC(=O)c2cccc(-c3ccccc3)c2)cc1.Cl.N[C@@H]1C[C@H]1c1ccc(NC(=O)c2cccc(-c3ccccc3)c2)cc1. The maximum atomic E-state index is 12.7. The highest BCUT2D eigenvalue weighted by molar-refractivity contribution is 6.05. The smallest absolute Gasteiger partial charge is 0.407 e. The number of halogens is 1.